The van der Waals surface area contributed by atoms with E-state index in [-0.39, 0.29) is 5.38 Å². The van der Waals surface area contributed by atoms with E-state index in [4.69, 9.17) is 39.5 Å². The predicted molar refractivity (Wildman–Crippen MR) is 80.5 cm³/mol. The SMILES string of the molecule is COc1cc(Cl)c(C(Cl)C2C3CCCCC32)cc1Cl. The Bertz CT molecular complexity index is 477. The zero-order valence-corrected chi connectivity index (χ0v) is 13.1. The zero-order chi connectivity index (χ0) is 13.6. The van der Waals surface area contributed by atoms with Gasteiger partial charge in [-0.25, -0.2) is 0 Å². The number of halogens is 3. The third kappa shape index (κ3) is 2.46. The molecule has 0 spiro atoms. The van der Waals surface area contributed by atoms with Gasteiger partial charge in [0.05, 0.1) is 17.5 Å². The molecule has 4 heteroatoms. The van der Waals surface area contributed by atoms with Crippen LogP contribution in [-0.2, 0) is 0 Å². The maximum absolute atomic E-state index is 6.67. The highest BCUT2D eigenvalue weighted by molar-refractivity contribution is 6.35. The average molecular weight is 320 g/mol. The first-order chi connectivity index (χ1) is 9.13. The minimum Gasteiger partial charge on any atom is -0.495 e. The fourth-order valence-corrected chi connectivity index (χ4v) is 4.73. The van der Waals surface area contributed by atoms with Crippen LogP contribution in [0.1, 0.15) is 36.6 Å². The molecule has 0 heterocycles. The lowest BCUT2D eigenvalue weighted by Gasteiger charge is -2.14. The second-order valence-corrected chi connectivity index (χ2v) is 6.88. The summed E-state index contributed by atoms with van der Waals surface area (Å²) in [6.07, 6.45) is 5.33. The molecule has 2 saturated carbocycles. The van der Waals surface area contributed by atoms with E-state index in [0.717, 1.165) is 17.4 Å². The van der Waals surface area contributed by atoms with Gasteiger partial charge in [0.1, 0.15) is 5.75 Å². The molecule has 0 saturated heterocycles. The molecule has 3 unspecified atom stereocenters. The first-order valence-corrected chi connectivity index (χ1v) is 7.99. The molecule has 1 aromatic rings. The van der Waals surface area contributed by atoms with Crippen molar-refractivity contribution in [2.75, 3.05) is 7.11 Å². The quantitative estimate of drug-likeness (QED) is 0.648. The van der Waals surface area contributed by atoms with Crippen LogP contribution in [0.25, 0.3) is 0 Å². The minimum atomic E-state index is -0.0241. The van der Waals surface area contributed by atoms with Crippen LogP contribution in [0.15, 0.2) is 12.1 Å². The van der Waals surface area contributed by atoms with E-state index >= 15 is 0 Å². The topological polar surface area (TPSA) is 9.23 Å². The Balaban J connectivity index is 1.84. The van der Waals surface area contributed by atoms with E-state index in [0.29, 0.717) is 21.7 Å². The molecule has 1 nitrogen and oxygen atoms in total. The maximum atomic E-state index is 6.67. The third-order valence-corrected chi connectivity index (χ3v) is 5.78. The first kappa shape index (κ1) is 13.9. The highest BCUT2D eigenvalue weighted by Crippen LogP contribution is 2.62. The molecule has 1 aromatic carbocycles. The predicted octanol–water partition coefficient (Wildman–Crippen LogP) is 5.72. The van der Waals surface area contributed by atoms with Crippen molar-refractivity contribution in [3.8, 4) is 5.75 Å². The fourth-order valence-electron chi connectivity index (χ4n) is 3.60. The van der Waals surface area contributed by atoms with Crippen molar-refractivity contribution < 1.29 is 4.74 Å². The number of hydrogen-bond donors (Lipinski definition) is 0. The number of alkyl halides is 1. The molecule has 0 aliphatic heterocycles. The number of methoxy groups -OCH3 is 1. The van der Waals surface area contributed by atoms with Gasteiger partial charge in [0.15, 0.2) is 0 Å². The highest BCUT2D eigenvalue weighted by Gasteiger charge is 2.54. The lowest BCUT2D eigenvalue weighted by Crippen LogP contribution is -1.98. The van der Waals surface area contributed by atoms with Gasteiger partial charge in [0, 0.05) is 11.1 Å². The molecule has 0 amide bonds. The van der Waals surface area contributed by atoms with Crippen molar-refractivity contribution in [3.63, 3.8) is 0 Å². The normalized spacial score (nSPS) is 30.6. The van der Waals surface area contributed by atoms with Crippen LogP contribution in [0.5, 0.6) is 5.75 Å². The second-order valence-electron chi connectivity index (χ2n) is 5.60. The van der Waals surface area contributed by atoms with Crippen molar-refractivity contribution in [2.45, 2.75) is 31.1 Å². The Hall–Kier alpha value is -0.110. The number of benzene rings is 1. The van der Waals surface area contributed by atoms with Crippen LogP contribution in [0.3, 0.4) is 0 Å². The van der Waals surface area contributed by atoms with Gasteiger partial charge in [-0.1, -0.05) is 36.0 Å². The monoisotopic (exact) mass is 318 g/mol. The molecular weight excluding hydrogens is 303 g/mol. The van der Waals surface area contributed by atoms with E-state index in [1.807, 2.05) is 6.07 Å². The number of hydrogen-bond acceptors (Lipinski definition) is 1. The Kier molecular flexibility index (Phi) is 3.90. The lowest BCUT2D eigenvalue weighted by molar-refractivity contribution is 0.415. The summed E-state index contributed by atoms with van der Waals surface area (Å²) < 4.78 is 5.17. The maximum Gasteiger partial charge on any atom is 0.138 e. The van der Waals surface area contributed by atoms with Crippen LogP contribution < -0.4 is 4.74 Å². The summed E-state index contributed by atoms with van der Waals surface area (Å²) in [5.41, 5.74) is 0.952. The number of rotatable bonds is 3. The van der Waals surface area contributed by atoms with Crippen molar-refractivity contribution in [2.24, 2.45) is 17.8 Å². The molecule has 104 valence electrons. The van der Waals surface area contributed by atoms with Crippen LogP contribution in [0, 0.1) is 17.8 Å². The summed E-state index contributed by atoms with van der Waals surface area (Å²) in [7, 11) is 1.59. The molecule has 3 atom stereocenters. The summed E-state index contributed by atoms with van der Waals surface area (Å²) in [4.78, 5) is 0. The molecular formula is C15H17Cl3O. The summed E-state index contributed by atoms with van der Waals surface area (Å²) >= 11 is 19.2. The van der Waals surface area contributed by atoms with E-state index in [1.165, 1.54) is 25.7 Å². The van der Waals surface area contributed by atoms with Gasteiger partial charge in [-0.05, 0) is 42.2 Å². The lowest BCUT2D eigenvalue weighted by atomic mass is 10.0. The fraction of sp³-hybridized carbons (Fsp3) is 0.600. The van der Waals surface area contributed by atoms with Gasteiger partial charge in [0.2, 0.25) is 0 Å². The second kappa shape index (κ2) is 5.35. The van der Waals surface area contributed by atoms with Gasteiger partial charge in [0.25, 0.3) is 0 Å². The number of fused-ring (bicyclic) bond motifs is 1. The van der Waals surface area contributed by atoms with Crippen LogP contribution in [-0.4, -0.2) is 7.11 Å². The summed E-state index contributed by atoms with van der Waals surface area (Å²) in [5.74, 6) is 2.78. The van der Waals surface area contributed by atoms with Crippen LogP contribution >= 0.6 is 34.8 Å². The zero-order valence-electron chi connectivity index (χ0n) is 10.8. The molecule has 0 bridgehead atoms. The van der Waals surface area contributed by atoms with Gasteiger partial charge < -0.3 is 4.74 Å². The smallest absolute Gasteiger partial charge is 0.138 e. The van der Waals surface area contributed by atoms with Crippen molar-refractivity contribution in [3.05, 3.63) is 27.7 Å². The number of ether oxygens (including phenoxy) is 1. The van der Waals surface area contributed by atoms with E-state index in [9.17, 15) is 0 Å². The van der Waals surface area contributed by atoms with Crippen LogP contribution in [0.2, 0.25) is 10.0 Å². The van der Waals surface area contributed by atoms with Gasteiger partial charge in [-0.15, -0.1) is 11.6 Å². The van der Waals surface area contributed by atoms with Crippen molar-refractivity contribution >= 4 is 34.8 Å². The molecule has 0 radical (unpaired) electrons. The van der Waals surface area contributed by atoms with E-state index in [1.54, 1.807) is 13.2 Å². The summed E-state index contributed by atoms with van der Waals surface area (Å²) in [6.45, 7) is 0. The Morgan fingerprint density at radius 1 is 1.11 bits per heavy atom. The summed E-state index contributed by atoms with van der Waals surface area (Å²) in [5, 5.41) is 1.21. The molecule has 2 aliphatic rings. The minimum absolute atomic E-state index is 0.0241. The molecule has 0 aromatic heterocycles. The molecule has 2 fully saturated rings. The van der Waals surface area contributed by atoms with Gasteiger partial charge in [-0.3, -0.25) is 0 Å². The summed E-state index contributed by atoms with van der Waals surface area (Å²) in [6, 6.07) is 3.63. The molecule has 19 heavy (non-hydrogen) atoms. The Morgan fingerprint density at radius 3 is 2.32 bits per heavy atom. The largest absolute Gasteiger partial charge is 0.495 e. The first-order valence-electron chi connectivity index (χ1n) is 6.80. The van der Waals surface area contributed by atoms with E-state index < -0.39 is 0 Å². The molecule has 3 rings (SSSR count). The average Bonchev–Trinajstić information content (AvgIpc) is 3.14. The van der Waals surface area contributed by atoms with Crippen molar-refractivity contribution in [1.82, 2.24) is 0 Å². The third-order valence-electron chi connectivity index (χ3n) is 4.63. The molecule has 0 N–H and O–H groups in total. The van der Waals surface area contributed by atoms with Crippen LogP contribution in [0.4, 0.5) is 0 Å². The van der Waals surface area contributed by atoms with Gasteiger partial charge in [-0.2, -0.15) is 0 Å². The standard InChI is InChI=1S/C15H17Cl3O/c1-19-13-7-11(16)10(6-12(13)17)15(18)14-8-4-2-3-5-9(8)14/h6-9,14-15H,2-5H2,1H3. The van der Waals surface area contributed by atoms with E-state index in [2.05, 4.69) is 0 Å². The Labute approximate surface area is 129 Å². The molecule has 2 aliphatic carbocycles. The highest BCUT2D eigenvalue weighted by atomic mass is 35.5. The van der Waals surface area contributed by atoms with Crippen molar-refractivity contribution in [1.29, 1.82) is 0 Å². The Morgan fingerprint density at radius 2 is 1.74 bits per heavy atom. The van der Waals surface area contributed by atoms with Gasteiger partial charge >= 0.3 is 0 Å².